The highest BCUT2D eigenvalue weighted by Crippen LogP contribution is 2.50. The second kappa shape index (κ2) is 8.28. The first kappa shape index (κ1) is 25.1. The van der Waals surface area contributed by atoms with Crippen LogP contribution < -0.4 is 0 Å². The smallest absolute Gasteiger partial charge is 0.286 e. The molecule has 3 aromatic rings. The lowest BCUT2D eigenvalue weighted by atomic mass is 9.79. The highest BCUT2D eigenvalue weighted by molar-refractivity contribution is 5.77. The molecule has 4 heterocycles. The predicted octanol–water partition coefficient (Wildman–Crippen LogP) is 4.98. The van der Waals surface area contributed by atoms with Crippen LogP contribution in [0, 0.1) is 11.3 Å². The Kier molecular flexibility index (Phi) is 5.77. The zero-order chi connectivity index (χ0) is 26.5. The predicted molar refractivity (Wildman–Crippen MR) is 102 cm³/mol. The van der Waals surface area contributed by atoms with E-state index in [-0.39, 0.29) is 35.3 Å². The molecule has 1 aliphatic rings. The number of hydrogen-bond donors (Lipinski definition) is 0. The first-order valence-electron chi connectivity index (χ1n) is 9.69. The third-order valence-corrected chi connectivity index (χ3v) is 5.43. The van der Waals surface area contributed by atoms with Crippen LogP contribution >= 0.6 is 0 Å². The molecular formula is C20H10F9N7. The summed E-state index contributed by atoms with van der Waals surface area (Å²) >= 11 is 0. The molecular weight excluding hydrogens is 509 g/mol. The molecule has 2 unspecified atom stereocenters. The van der Waals surface area contributed by atoms with Gasteiger partial charge in [0.25, 0.3) is 0 Å². The summed E-state index contributed by atoms with van der Waals surface area (Å²) < 4.78 is 123. The SMILES string of the molecule is N#Cc1cc(C2CC(c3cc(C(F)(F)F)cc(C(F)(F)F)n3)(C(F)(F)F)C=N2)ncc1-n1cncn1. The number of nitriles is 1. The summed E-state index contributed by atoms with van der Waals surface area (Å²) in [4.78, 5) is 14.3. The molecule has 0 saturated carbocycles. The van der Waals surface area contributed by atoms with Crippen LogP contribution in [0.4, 0.5) is 39.5 Å². The van der Waals surface area contributed by atoms with Gasteiger partial charge in [0.15, 0.2) is 0 Å². The molecule has 7 nitrogen and oxygen atoms in total. The van der Waals surface area contributed by atoms with E-state index in [1.807, 2.05) is 6.07 Å². The first-order valence-corrected chi connectivity index (χ1v) is 9.69. The van der Waals surface area contributed by atoms with E-state index in [0.717, 1.165) is 18.6 Å². The van der Waals surface area contributed by atoms with Crippen molar-refractivity contribution in [2.75, 3.05) is 0 Å². The maximum absolute atomic E-state index is 14.3. The van der Waals surface area contributed by atoms with Gasteiger partial charge in [0.05, 0.1) is 34.8 Å². The molecule has 0 spiro atoms. The van der Waals surface area contributed by atoms with Crippen molar-refractivity contribution in [1.82, 2.24) is 24.7 Å². The van der Waals surface area contributed by atoms with Gasteiger partial charge in [-0.1, -0.05) is 0 Å². The fourth-order valence-corrected chi connectivity index (χ4v) is 3.63. The van der Waals surface area contributed by atoms with Gasteiger partial charge in [0.1, 0.15) is 35.5 Å². The highest BCUT2D eigenvalue weighted by atomic mass is 19.4. The quantitative estimate of drug-likeness (QED) is 0.455. The standard InChI is InChI=1S/C20H10F9N7/c21-18(22,23)11-2-15(35-16(3-11)19(24,25)26)17(20(27,28)29)4-13(33-7-17)12-1-10(5-30)14(6-32-12)36-9-31-8-34-36/h1-3,6-9,13H,4H2. The zero-order valence-electron chi connectivity index (χ0n) is 17.4. The number of alkyl halides is 9. The molecule has 16 heteroatoms. The Labute approximate surface area is 195 Å². The maximum atomic E-state index is 14.3. The minimum Gasteiger partial charge on any atom is -0.286 e. The van der Waals surface area contributed by atoms with Crippen molar-refractivity contribution in [2.45, 2.75) is 36.4 Å². The van der Waals surface area contributed by atoms with Crippen LogP contribution in [0.15, 0.2) is 42.0 Å². The van der Waals surface area contributed by atoms with E-state index < -0.39 is 53.4 Å². The van der Waals surface area contributed by atoms with Crippen LogP contribution in [-0.2, 0) is 17.8 Å². The van der Waals surface area contributed by atoms with Gasteiger partial charge in [-0.25, -0.2) is 14.6 Å². The molecule has 0 N–H and O–H groups in total. The van der Waals surface area contributed by atoms with Crippen molar-refractivity contribution in [3.63, 3.8) is 0 Å². The van der Waals surface area contributed by atoms with E-state index in [2.05, 4.69) is 25.0 Å². The molecule has 188 valence electrons. The Balaban J connectivity index is 1.81. The number of nitrogens with zero attached hydrogens (tertiary/aromatic N) is 7. The number of halogens is 9. The molecule has 0 saturated heterocycles. The molecule has 0 bridgehead atoms. The van der Waals surface area contributed by atoms with Gasteiger partial charge in [-0.05, 0) is 18.2 Å². The lowest BCUT2D eigenvalue weighted by molar-refractivity contribution is -0.171. The summed E-state index contributed by atoms with van der Waals surface area (Å²) in [5, 5.41) is 13.2. The summed E-state index contributed by atoms with van der Waals surface area (Å²) in [6, 6.07) is 1.04. The van der Waals surface area contributed by atoms with E-state index in [4.69, 9.17) is 0 Å². The van der Waals surface area contributed by atoms with Crippen LogP contribution in [0.2, 0.25) is 0 Å². The summed E-state index contributed by atoms with van der Waals surface area (Å²) in [5.41, 5.74) is -9.07. The third kappa shape index (κ3) is 4.36. The third-order valence-electron chi connectivity index (χ3n) is 5.43. The monoisotopic (exact) mass is 519 g/mol. The number of aliphatic imine (C=N–C) groups is 1. The van der Waals surface area contributed by atoms with Crippen molar-refractivity contribution >= 4 is 6.21 Å². The molecule has 0 amide bonds. The second-order valence-corrected chi connectivity index (χ2v) is 7.67. The highest BCUT2D eigenvalue weighted by Gasteiger charge is 2.60. The summed E-state index contributed by atoms with van der Waals surface area (Å²) in [5.74, 6) is 0. The number of aromatic nitrogens is 5. The topological polar surface area (TPSA) is 92.6 Å². The number of pyridine rings is 2. The number of rotatable bonds is 3. The Hall–Kier alpha value is -4.03. The van der Waals surface area contributed by atoms with E-state index in [9.17, 15) is 44.8 Å². The molecule has 0 aliphatic carbocycles. The van der Waals surface area contributed by atoms with Gasteiger partial charge in [-0.15, -0.1) is 0 Å². The molecule has 0 fully saturated rings. The largest absolute Gasteiger partial charge is 0.433 e. The fourth-order valence-electron chi connectivity index (χ4n) is 3.63. The van der Waals surface area contributed by atoms with Crippen molar-refractivity contribution in [3.8, 4) is 11.8 Å². The zero-order valence-corrected chi connectivity index (χ0v) is 17.4. The Morgan fingerprint density at radius 1 is 1.00 bits per heavy atom. The first-order chi connectivity index (χ1) is 16.7. The molecule has 4 rings (SSSR count). The summed E-state index contributed by atoms with van der Waals surface area (Å²) in [6.07, 6.45) is -13.6. The number of hydrogen-bond acceptors (Lipinski definition) is 6. The van der Waals surface area contributed by atoms with Gasteiger partial charge in [0, 0.05) is 12.6 Å². The van der Waals surface area contributed by atoms with Gasteiger partial charge in [-0.2, -0.15) is 49.9 Å². The van der Waals surface area contributed by atoms with Crippen LogP contribution in [0.1, 0.15) is 40.7 Å². The van der Waals surface area contributed by atoms with Crippen molar-refractivity contribution in [1.29, 1.82) is 5.26 Å². The van der Waals surface area contributed by atoms with E-state index in [0.29, 0.717) is 0 Å². The molecule has 1 aliphatic heterocycles. The summed E-state index contributed by atoms with van der Waals surface area (Å²) in [7, 11) is 0. The lowest BCUT2D eigenvalue weighted by Gasteiger charge is -2.30. The van der Waals surface area contributed by atoms with Gasteiger partial charge >= 0.3 is 18.5 Å². The molecule has 0 radical (unpaired) electrons. The van der Waals surface area contributed by atoms with Crippen LogP contribution in [0.25, 0.3) is 5.69 Å². The molecule has 2 atom stereocenters. The Morgan fingerprint density at radius 3 is 2.28 bits per heavy atom. The van der Waals surface area contributed by atoms with Crippen molar-refractivity contribution in [3.05, 3.63) is 65.3 Å². The maximum Gasteiger partial charge on any atom is 0.433 e. The van der Waals surface area contributed by atoms with Crippen LogP contribution in [0.5, 0.6) is 0 Å². The molecule has 3 aromatic heterocycles. The van der Waals surface area contributed by atoms with Gasteiger partial charge in [0.2, 0.25) is 0 Å². The second-order valence-electron chi connectivity index (χ2n) is 7.67. The van der Waals surface area contributed by atoms with Crippen LogP contribution in [-0.4, -0.2) is 37.1 Å². The van der Waals surface area contributed by atoms with Crippen LogP contribution in [0.3, 0.4) is 0 Å². The van der Waals surface area contributed by atoms with E-state index in [1.54, 1.807) is 0 Å². The van der Waals surface area contributed by atoms with Gasteiger partial charge in [-0.3, -0.25) is 9.98 Å². The minimum atomic E-state index is -5.45. The Morgan fingerprint density at radius 2 is 1.72 bits per heavy atom. The van der Waals surface area contributed by atoms with Crippen molar-refractivity contribution in [2.24, 2.45) is 4.99 Å². The Bertz CT molecular complexity index is 1320. The van der Waals surface area contributed by atoms with E-state index >= 15 is 0 Å². The van der Waals surface area contributed by atoms with Gasteiger partial charge < -0.3 is 0 Å². The molecule has 36 heavy (non-hydrogen) atoms. The molecule has 0 aromatic carbocycles. The van der Waals surface area contributed by atoms with Crippen molar-refractivity contribution < 1.29 is 39.5 Å². The van der Waals surface area contributed by atoms with E-state index in [1.165, 1.54) is 11.0 Å². The minimum absolute atomic E-state index is 0.0704. The average Bonchev–Trinajstić information content (AvgIpc) is 3.48. The summed E-state index contributed by atoms with van der Waals surface area (Å²) in [6.45, 7) is 0. The lowest BCUT2D eigenvalue weighted by Crippen LogP contribution is -2.43. The normalized spacial score (nSPS) is 20.5. The fraction of sp³-hybridized carbons (Fsp3) is 0.300. The average molecular weight is 519 g/mol.